The Morgan fingerprint density at radius 3 is 2.65 bits per heavy atom. The summed E-state index contributed by atoms with van der Waals surface area (Å²) in [5.41, 5.74) is 3.87. The van der Waals surface area contributed by atoms with E-state index in [1.165, 1.54) is 0 Å². The zero-order valence-electron chi connectivity index (χ0n) is 12.8. The highest BCUT2D eigenvalue weighted by Crippen LogP contribution is 2.25. The largest absolute Gasteiger partial charge is 0.302 e. The van der Waals surface area contributed by atoms with Crippen LogP contribution in [0.2, 0.25) is 0 Å². The minimum absolute atomic E-state index is 0.348. The van der Waals surface area contributed by atoms with E-state index in [2.05, 4.69) is 4.98 Å². The van der Waals surface area contributed by atoms with Crippen LogP contribution in [0.4, 0.5) is 0 Å². The van der Waals surface area contributed by atoms with Crippen LogP contribution in [0.5, 0.6) is 0 Å². The minimum Gasteiger partial charge on any atom is -0.302 e. The predicted octanol–water partition coefficient (Wildman–Crippen LogP) is 2.39. The van der Waals surface area contributed by atoms with Gasteiger partial charge in [0.2, 0.25) is 10.0 Å². The number of benzene rings is 1. The minimum atomic E-state index is -3.48. The van der Waals surface area contributed by atoms with E-state index >= 15 is 0 Å². The molecule has 1 aliphatic rings. The van der Waals surface area contributed by atoms with Gasteiger partial charge in [-0.25, -0.2) is 13.4 Å². The molecular weight excluding hydrogens is 310 g/mol. The van der Waals surface area contributed by atoms with Crippen molar-refractivity contribution < 1.29 is 8.42 Å². The fraction of sp³-hybridized carbons (Fsp3) is 0.235. The maximum absolute atomic E-state index is 12.9. The molecule has 0 saturated carbocycles. The maximum Gasteiger partial charge on any atom is 0.243 e. The summed E-state index contributed by atoms with van der Waals surface area (Å²) in [4.78, 5) is 4.94. The Hall–Kier alpha value is -2.18. The molecule has 118 valence electrons. The first-order valence-electron chi connectivity index (χ1n) is 7.57. The van der Waals surface area contributed by atoms with Crippen LogP contribution in [0.3, 0.4) is 0 Å². The van der Waals surface area contributed by atoms with Gasteiger partial charge in [-0.05, 0) is 31.2 Å². The molecule has 3 aromatic rings. The van der Waals surface area contributed by atoms with Crippen molar-refractivity contribution in [3.05, 3.63) is 65.6 Å². The predicted molar refractivity (Wildman–Crippen MR) is 87.7 cm³/mol. The van der Waals surface area contributed by atoms with E-state index in [-0.39, 0.29) is 0 Å². The smallest absolute Gasteiger partial charge is 0.243 e. The van der Waals surface area contributed by atoms with Crippen molar-refractivity contribution in [1.29, 1.82) is 0 Å². The molecule has 1 aliphatic heterocycles. The molecule has 0 radical (unpaired) electrons. The molecule has 0 atom stereocenters. The molecule has 0 fully saturated rings. The molecule has 5 nitrogen and oxygen atoms in total. The van der Waals surface area contributed by atoms with E-state index in [1.54, 1.807) is 16.4 Å². The SMILES string of the molecule is Cc1ccc(S(=O)(=O)N2CCc3nc4ccccn4c3C2)cc1. The number of hydrogen-bond acceptors (Lipinski definition) is 3. The van der Waals surface area contributed by atoms with Gasteiger partial charge in [-0.2, -0.15) is 4.31 Å². The van der Waals surface area contributed by atoms with Gasteiger partial charge in [-0.1, -0.05) is 23.8 Å². The molecule has 4 rings (SSSR count). The molecule has 0 aliphatic carbocycles. The third-order valence-electron chi connectivity index (χ3n) is 4.29. The summed E-state index contributed by atoms with van der Waals surface area (Å²) in [6.45, 7) is 2.77. The number of aromatic nitrogens is 2. The standard InChI is InChI=1S/C17H17N3O2S/c1-13-5-7-14(8-6-13)23(21,22)19-11-9-15-16(12-19)20-10-3-2-4-17(20)18-15/h2-8,10H,9,11-12H2,1H3. The van der Waals surface area contributed by atoms with Gasteiger partial charge in [0.25, 0.3) is 0 Å². The van der Waals surface area contributed by atoms with E-state index in [1.807, 2.05) is 47.9 Å². The Morgan fingerprint density at radius 1 is 1.09 bits per heavy atom. The van der Waals surface area contributed by atoms with Gasteiger partial charge in [0.1, 0.15) is 5.65 Å². The lowest BCUT2D eigenvalue weighted by molar-refractivity contribution is 0.383. The van der Waals surface area contributed by atoms with Gasteiger partial charge in [0.15, 0.2) is 0 Å². The molecule has 0 amide bonds. The normalized spacial score (nSPS) is 15.7. The van der Waals surface area contributed by atoms with Crippen molar-refractivity contribution in [2.45, 2.75) is 24.8 Å². The van der Waals surface area contributed by atoms with Crippen LogP contribution in [-0.4, -0.2) is 28.7 Å². The quantitative estimate of drug-likeness (QED) is 0.726. The summed E-state index contributed by atoms with van der Waals surface area (Å²) in [5.74, 6) is 0. The molecule has 3 heterocycles. The Morgan fingerprint density at radius 2 is 1.87 bits per heavy atom. The fourth-order valence-corrected chi connectivity index (χ4v) is 4.41. The monoisotopic (exact) mass is 327 g/mol. The van der Waals surface area contributed by atoms with Crippen LogP contribution in [0.1, 0.15) is 17.0 Å². The van der Waals surface area contributed by atoms with Gasteiger partial charge in [-0.15, -0.1) is 0 Å². The fourth-order valence-electron chi connectivity index (χ4n) is 3.00. The molecule has 0 spiro atoms. The number of sulfonamides is 1. The maximum atomic E-state index is 12.9. The highest BCUT2D eigenvalue weighted by atomic mass is 32.2. The second-order valence-electron chi connectivity index (χ2n) is 5.84. The molecule has 2 aromatic heterocycles. The molecule has 23 heavy (non-hydrogen) atoms. The third kappa shape index (κ3) is 2.34. The summed E-state index contributed by atoms with van der Waals surface area (Å²) in [6, 6.07) is 12.8. The number of pyridine rings is 1. The van der Waals surface area contributed by atoms with Crippen LogP contribution in [0.25, 0.3) is 5.65 Å². The highest BCUT2D eigenvalue weighted by molar-refractivity contribution is 7.89. The van der Waals surface area contributed by atoms with Crippen LogP contribution >= 0.6 is 0 Å². The lowest BCUT2D eigenvalue weighted by atomic mass is 10.2. The Labute approximate surface area is 135 Å². The summed E-state index contributed by atoms with van der Waals surface area (Å²) in [6.07, 6.45) is 2.57. The second-order valence-corrected chi connectivity index (χ2v) is 7.77. The molecule has 0 saturated heterocycles. The lowest BCUT2D eigenvalue weighted by Crippen LogP contribution is -2.36. The van der Waals surface area contributed by atoms with Gasteiger partial charge < -0.3 is 4.40 Å². The molecule has 0 N–H and O–H groups in total. The van der Waals surface area contributed by atoms with Gasteiger partial charge in [0, 0.05) is 19.2 Å². The van der Waals surface area contributed by atoms with Crippen LogP contribution in [0.15, 0.2) is 53.6 Å². The van der Waals surface area contributed by atoms with Crippen molar-refractivity contribution in [2.75, 3.05) is 6.54 Å². The summed E-state index contributed by atoms with van der Waals surface area (Å²) < 4.78 is 29.2. The van der Waals surface area contributed by atoms with Gasteiger partial charge in [0.05, 0.1) is 22.8 Å². The molecule has 0 bridgehead atoms. The van der Waals surface area contributed by atoms with Crippen molar-refractivity contribution >= 4 is 15.7 Å². The number of aryl methyl sites for hydroxylation is 1. The van der Waals surface area contributed by atoms with Crippen molar-refractivity contribution in [3.8, 4) is 0 Å². The summed E-state index contributed by atoms with van der Waals surface area (Å²) >= 11 is 0. The molecular formula is C17H17N3O2S. The zero-order chi connectivity index (χ0) is 16.0. The van der Waals surface area contributed by atoms with Crippen molar-refractivity contribution in [3.63, 3.8) is 0 Å². The van der Waals surface area contributed by atoms with Gasteiger partial charge in [-0.3, -0.25) is 0 Å². The first kappa shape index (κ1) is 14.4. The highest BCUT2D eigenvalue weighted by Gasteiger charge is 2.30. The van der Waals surface area contributed by atoms with E-state index in [0.29, 0.717) is 24.4 Å². The zero-order valence-corrected chi connectivity index (χ0v) is 13.6. The van der Waals surface area contributed by atoms with Crippen LogP contribution in [0, 0.1) is 6.92 Å². The first-order valence-corrected chi connectivity index (χ1v) is 9.01. The van der Waals surface area contributed by atoms with Gasteiger partial charge >= 0.3 is 0 Å². The van der Waals surface area contributed by atoms with Crippen LogP contribution < -0.4 is 0 Å². The lowest BCUT2D eigenvalue weighted by Gasteiger charge is -2.26. The van der Waals surface area contributed by atoms with E-state index in [4.69, 9.17) is 0 Å². The summed E-state index contributed by atoms with van der Waals surface area (Å²) in [5, 5.41) is 0. The van der Waals surface area contributed by atoms with E-state index in [0.717, 1.165) is 22.6 Å². The van der Waals surface area contributed by atoms with E-state index in [9.17, 15) is 8.42 Å². The average Bonchev–Trinajstić information content (AvgIpc) is 2.93. The number of fused-ring (bicyclic) bond motifs is 3. The Kier molecular flexibility index (Phi) is 3.25. The topological polar surface area (TPSA) is 54.7 Å². The Bertz CT molecular complexity index is 975. The average molecular weight is 327 g/mol. The number of hydrogen-bond donors (Lipinski definition) is 0. The van der Waals surface area contributed by atoms with Crippen molar-refractivity contribution in [2.24, 2.45) is 0 Å². The number of imidazole rings is 1. The Balaban J connectivity index is 1.73. The second kappa shape index (κ2) is 5.18. The number of rotatable bonds is 2. The third-order valence-corrected chi connectivity index (χ3v) is 6.15. The van der Waals surface area contributed by atoms with Crippen molar-refractivity contribution in [1.82, 2.24) is 13.7 Å². The first-order chi connectivity index (χ1) is 11.1. The molecule has 6 heteroatoms. The molecule has 1 aromatic carbocycles. The number of nitrogens with zero attached hydrogens (tertiary/aromatic N) is 3. The van der Waals surface area contributed by atoms with E-state index < -0.39 is 10.0 Å². The molecule has 0 unspecified atom stereocenters. The summed E-state index contributed by atoms with van der Waals surface area (Å²) in [7, 11) is -3.48. The van der Waals surface area contributed by atoms with Crippen LogP contribution in [-0.2, 0) is 23.0 Å².